The minimum Gasteiger partial charge on any atom is -0.329 e. The van der Waals surface area contributed by atoms with Gasteiger partial charge >= 0.3 is 0 Å². The Bertz CT molecular complexity index is 447. The van der Waals surface area contributed by atoms with E-state index >= 15 is 0 Å². The average Bonchev–Trinajstić information content (AvgIpc) is 2.48. The Kier molecular flexibility index (Phi) is 1.73. The fraction of sp³-hybridized carbons (Fsp3) is 0.111. The van der Waals surface area contributed by atoms with Gasteiger partial charge in [0.05, 0.1) is 11.7 Å². The first-order chi connectivity index (χ1) is 6.31. The lowest BCUT2D eigenvalue weighted by Crippen LogP contribution is -1.93. The summed E-state index contributed by atoms with van der Waals surface area (Å²) in [6.07, 6.45) is 2.43. The molecule has 1 aromatic heterocycles. The van der Waals surface area contributed by atoms with E-state index in [0.29, 0.717) is 6.41 Å². The Morgan fingerprint density at radius 3 is 3.15 bits per heavy atom. The molecule has 0 aliphatic heterocycles. The van der Waals surface area contributed by atoms with Crippen molar-refractivity contribution in [1.29, 1.82) is 0 Å². The third-order valence-corrected chi connectivity index (χ3v) is 1.97. The number of fused-ring (bicyclic) bond motifs is 1. The molecule has 0 aliphatic rings. The van der Waals surface area contributed by atoms with Crippen LogP contribution in [0.15, 0.2) is 24.4 Å². The summed E-state index contributed by atoms with van der Waals surface area (Å²) in [5.74, 6) is 0. The minimum absolute atomic E-state index is 0.664. The van der Waals surface area contributed by atoms with Gasteiger partial charge in [0.15, 0.2) is 0 Å². The summed E-state index contributed by atoms with van der Waals surface area (Å²) in [5.41, 5.74) is 1.84. The summed E-state index contributed by atoms with van der Waals surface area (Å²) in [6, 6.07) is 5.66. The average molecular weight is 175 g/mol. The highest BCUT2D eigenvalue weighted by Crippen LogP contribution is 2.17. The predicted molar refractivity (Wildman–Crippen MR) is 50.4 cm³/mol. The van der Waals surface area contributed by atoms with Crippen molar-refractivity contribution in [1.82, 2.24) is 9.78 Å². The summed E-state index contributed by atoms with van der Waals surface area (Å²) in [7, 11) is 1.88. The van der Waals surface area contributed by atoms with Gasteiger partial charge in [-0.15, -0.1) is 0 Å². The number of aryl methyl sites for hydroxylation is 1. The molecule has 1 amide bonds. The van der Waals surface area contributed by atoms with Crippen LogP contribution in [0.1, 0.15) is 0 Å². The first kappa shape index (κ1) is 7.79. The normalized spacial score (nSPS) is 10.2. The molecule has 0 saturated heterocycles. The maximum Gasteiger partial charge on any atom is 0.211 e. The van der Waals surface area contributed by atoms with Gasteiger partial charge in [0.1, 0.15) is 0 Å². The molecule has 0 atom stereocenters. The summed E-state index contributed by atoms with van der Waals surface area (Å²) in [5, 5.41) is 7.71. The molecule has 1 aromatic carbocycles. The third kappa shape index (κ3) is 1.26. The summed E-state index contributed by atoms with van der Waals surface area (Å²) in [4.78, 5) is 10.2. The molecule has 13 heavy (non-hydrogen) atoms. The molecule has 1 N–H and O–H groups in total. The SMILES string of the molecule is Cn1ncc2cc(NC=O)ccc21. The van der Waals surface area contributed by atoms with Crippen molar-refractivity contribution in [3.05, 3.63) is 24.4 Å². The van der Waals surface area contributed by atoms with Gasteiger partial charge in [-0.25, -0.2) is 0 Å². The van der Waals surface area contributed by atoms with Crippen LogP contribution in [-0.2, 0) is 11.8 Å². The van der Waals surface area contributed by atoms with Crippen LogP contribution < -0.4 is 5.32 Å². The number of nitrogens with one attached hydrogen (secondary N) is 1. The van der Waals surface area contributed by atoms with Gasteiger partial charge in [0.2, 0.25) is 6.41 Å². The number of hydrogen-bond donors (Lipinski definition) is 1. The lowest BCUT2D eigenvalue weighted by molar-refractivity contribution is -0.105. The zero-order chi connectivity index (χ0) is 9.26. The highest BCUT2D eigenvalue weighted by molar-refractivity contribution is 5.85. The number of anilines is 1. The molecule has 0 unspecified atom stereocenters. The molecule has 4 nitrogen and oxygen atoms in total. The van der Waals surface area contributed by atoms with E-state index in [1.54, 1.807) is 10.9 Å². The Morgan fingerprint density at radius 2 is 2.38 bits per heavy atom. The molecule has 2 rings (SSSR count). The fourth-order valence-electron chi connectivity index (χ4n) is 1.32. The molecule has 0 fully saturated rings. The van der Waals surface area contributed by atoms with Crippen LogP contribution in [0.2, 0.25) is 0 Å². The largest absolute Gasteiger partial charge is 0.329 e. The van der Waals surface area contributed by atoms with E-state index in [1.807, 2.05) is 25.2 Å². The van der Waals surface area contributed by atoms with Crippen molar-refractivity contribution < 1.29 is 4.79 Å². The highest BCUT2D eigenvalue weighted by Gasteiger charge is 1.99. The van der Waals surface area contributed by atoms with Crippen LogP contribution >= 0.6 is 0 Å². The number of hydrogen-bond acceptors (Lipinski definition) is 2. The Balaban J connectivity index is 2.56. The van der Waals surface area contributed by atoms with Crippen molar-refractivity contribution in [3.63, 3.8) is 0 Å². The lowest BCUT2D eigenvalue weighted by Gasteiger charge is -1.98. The van der Waals surface area contributed by atoms with Gasteiger partial charge < -0.3 is 5.32 Å². The fourth-order valence-corrected chi connectivity index (χ4v) is 1.32. The summed E-state index contributed by atoms with van der Waals surface area (Å²) in [6.45, 7) is 0. The van der Waals surface area contributed by atoms with Crippen molar-refractivity contribution in [3.8, 4) is 0 Å². The van der Waals surface area contributed by atoms with E-state index in [9.17, 15) is 4.79 Å². The summed E-state index contributed by atoms with van der Waals surface area (Å²) >= 11 is 0. The molecular weight excluding hydrogens is 166 g/mol. The number of amides is 1. The Hall–Kier alpha value is -1.84. The van der Waals surface area contributed by atoms with Crippen LogP contribution in [0, 0.1) is 0 Å². The maximum absolute atomic E-state index is 10.2. The standard InChI is InChI=1S/C9H9N3O/c1-12-9-3-2-8(10-6-13)4-7(9)5-11-12/h2-6H,1H3,(H,10,13). The molecule has 1 heterocycles. The second kappa shape index (κ2) is 2.90. The second-order valence-electron chi connectivity index (χ2n) is 2.80. The van der Waals surface area contributed by atoms with E-state index in [1.165, 1.54) is 0 Å². The minimum atomic E-state index is 0.664. The van der Waals surface area contributed by atoms with Gasteiger partial charge in [-0.3, -0.25) is 9.48 Å². The van der Waals surface area contributed by atoms with Gasteiger partial charge in [-0.1, -0.05) is 0 Å². The number of nitrogens with zero attached hydrogens (tertiary/aromatic N) is 2. The van der Waals surface area contributed by atoms with Crippen LogP contribution in [0.4, 0.5) is 5.69 Å². The van der Waals surface area contributed by atoms with Crippen LogP contribution in [0.3, 0.4) is 0 Å². The summed E-state index contributed by atoms with van der Waals surface area (Å²) < 4.78 is 1.79. The molecule has 4 heteroatoms. The molecule has 0 bridgehead atoms. The first-order valence-electron chi connectivity index (χ1n) is 3.93. The van der Waals surface area contributed by atoms with E-state index < -0.39 is 0 Å². The smallest absolute Gasteiger partial charge is 0.211 e. The van der Waals surface area contributed by atoms with E-state index in [0.717, 1.165) is 16.6 Å². The van der Waals surface area contributed by atoms with Gasteiger partial charge in [0, 0.05) is 18.1 Å². The third-order valence-electron chi connectivity index (χ3n) is 1.97. The first-order valence-corrected chi connectivity index (χ1v) is 3.93. The molecule has 2 aromatic rings. The molecule has 0 saturated carbocycles. The zero-order valence-electron chi connectivity index (χ0n) is 7.19. The Labute approximate surface area is 75.2 Å². The van der Waals surface area contributed by atoms with Crippen molar-refractivity contribution in [2.24, 2.45) is 7.05 Å². The molecule has 66 valence electrons. The maximum atomic E-state index is 10.2. The number of rotatable bonds is 2. The number of aromatic nitrogens is 2. The van der Waals surface area contributed by atoms with Crippen LogP contribution in [0.25, 0.3) is 10.9 Å². The molecule has 0 spiro atoms. The zero-order valence-corrected chi connectivity index (χ0v) is 7.19. The van der Waals surface area contributed by atoms with E-state index in [4.69, 9.17) is 0 Å². The van der Waals surface area contributed by atoms with Crippen LogP contribution in [0.5, 0.6) is 0 Å². The topological polar surface area (TPSA) is 46.9 Å². The van der Waals surface area contributed by atoms with Gasteiger partial charge in [-0.05, 0) is 18.2 Å². The lowest BCUT2D eigenvalue weighted by atomic mass is 10.2. The van der Waals surface area contributed by atoms with Gasteiger partial charge in [0.25, 0.3) is 0 Å². The Morgan fingerprint density at radius 1 is 1.54 bits per heavy atom. The quantitative estimate of drug-likeness (QED) is 0.696. The van der Waals surface area contributed by atoms with Crippen molar-refractivity contribution in [2.45, 2.75) is 0 Å². The number of carbonyl (C=O) groups excluding carboxylic acids is 1. The van der Waals surface area contributed by atoms with Crippen LogP contribution in [-0.4, -0.2) is 16.2 Å². The molecular formula is C9H9N3O. The molecule has 0 radical (unpaired) electrons. The van der Waals surface area contributed by atoms with Crippen molar-refractivity contribution >= 4 is 23.0 Å². The van der Waals surface area contributed by atoms with E-state index in [-0.39, 0.29) is 0 Å². The highest BCUT2D eigenvalue weighted by atomic mass is 16.1. The second-order valence-corrected chi connectivity index (χ2v) is 2.80. The number of benzene rings is 1. The predicted octanol–water partition coefficient (Wildman–Crippen LogP) is 1.14. The van der Waals surface area contributed by atoms with E-state index in [2.05, 4.69) is 10.4 Å². The number of carbonyl (C=O) groups is 1. The van der Waals surface area contributed by atoms with Crippen molar-refractivity contribution in [2.75, 3.05) is 5.32 Å². The molecule has 0 aliphatic carbocycles. The van der Waals surface area contributed by atoms with Gasteiger partial charge in [-0.2, -0.15) is 5.10 Å². The monoisotopic (exact) mass is 175 g/mol.